The minimum absolute atomic E-state index is 0.107. The number of para-hydroxylation sites is 1. The molecule has 2 aromatic heterocycles. The van der Waals surface area contributed by atoms with Crippen LogP contribution in [0.4, 0.5) is 0 Å². The lowest BCUT2D eigenvalue weighted by atomic mass is 10.0. The van der Waals surface area contributed by atoms with Gasteiger partial charge in [0.15, 0.2) is 0 Å². The van der Waals surface area contributed by atoms with Crippen molar-refractivity contribution in [2.75, 3.05) is 32.8 Å². The summed E-state index contributed by atoms with van der Waals surface area (Å²) < 4.78 is 8.48. The Bertz CT molecular complexity index is 1380. The topological polar surface area (TPSA) is 50.6 Å². The minimum atomic E-state index is 0.107. The number of benzene rings is 2. The minimum Gasteiger partial charge on any atom is -0.494 e. The van der Waals surface area contributed by atoms with E-state index >= 15 is 0 Å². The Morgan fingerprint density at radius 3 is 2.73 bits per heavy atom. The van der Waals surface area contributed by atoms with Gasteiger partial charge in [-0.3, -0.25) is 9.78 Å². The summed E-state index contributed by atoms with van der Waals surface area (Å²) in [5, 5.41) is 2.14. The molecular formula is C31H36N4O2. The zero-order valence-corrected chi connectivity index (χ0v) is 21.7. The fourth-order valence-electron chi connectivity index (χ4n) is 6.13. The molecule has 0 spiro atoms. The van der Waals surface area contributed by atoms with Crippen LogP contribution in [0.15, 0.2) is 67.0 Å². The number of aromatic nitrogens is 2. The lowest BCUT2D eigenvalue weighted by molar-refractivity contribution is 0.0698. The third-order valence-corrected chi connectivity index (χ3v) is 8.27. The van der Waals surface area contributed by atoms with Crippen molar-refractivity contribution in [1.82, 2.24) is 19.4 Å². The molecule has 6 heteroatoms. The second kappa shape index (κ2) is 10.5. The zero-order chi connectivity index (χ0) is 25.2. The Balaban J connectivity index is 1.06. The molecule has 192 valence electrons. The average Bonchev–Trinajstić information content (AvgIpc) is 3.56. The highest BCUT2D eigenvalue weighted by Gasteiger charge is 2.26. The van der Waals surface area contributed by atoms with Gasteiger partial charge in [0.2, 0.25) is 0 Å². The maximum atomic E-state index is 13.3. The van der Waals surface area contributed by atoms with Crippen molar-refractivity contribution in [2.45, 2.75) is 51.1 Å². The van der Waals surface area contributed by atoms with Gasteiger partial charge in [-0.2, -0.15) is 0 Å². The van der Waals surface area contributed by atoms with Crippen LogP contribution in [0.25, 0.3) is 21.8 Å². The van der Waals surface area contributed by atoms with Gasteiger partial charge in [-0.25, -0.2) is 0 Å². The summed E-state index contributed by atoms with van der Waals surface area (Å²) >= 11 is 0. The summed E-state index contributed by atoms with van der Waals surface area (Å²) in [6.07, 6.45) is 9.55. The number of carbonyl (C=O) groups is 1. The van der Waals surface area contributed by atoms with Gasteiger partial charge in [0.25, 0.3) is 5.91 Å². The van der Waals surface area contributed by atoms with Gasteiger partial charge in [0, 0.05) is 60.4 Å². The summed E-state index contributed by atoms with van der Waals surface area (Å²) in [4.78, 5) is 22.3. The summed E-state index contributed by atoms with van der Waals surface area (Å²) in [5.41, 5.74) is 2.85. The molecule has 0 N–H and O–H groups in total. The fraction of sp³-hybridized carbons (Fsp3) is 0.419. The van der Waals surface area contributed by atoms with Crippen molar-refractivity contribution in [3.63, 3.8) is 0 Å². The summed E-state index contributed by atoms with van der Waals surface area (Å²) in [7, 11) is 0. The second-order valence-electron chi connectivity index (χ2n) is 10.6. The molecule has 6 rings (SSSR count). The number of hydrogen-bond acceptors (Lipinski definition) is 4. The molecule has 2 aliphatic rings. The first kappa shape index (κ1) is 24.0. The van der Waals surface area contributed by atoms with E-state index in [2.05, 4.69) is 51.8 Å². The Hall–Kier alpha value is -3.38. The Labute approximate surface area is 218 Å². The molecule has 4 heterocycles. The predicted octanol–water partition coefficient (Wildman–Crippen LogP) is 5.92. The van der Waals surface area contributed by atoms with Crippen molar-refractivity contribution in [3.8, 4) is 5.75 Å². The standard InChI is InChI=1S/C31H36N4O2/c1-23-6-4-16-33(23)17-5-21-37-26-9-10-30-24(22-26)12-20-35(30)25-13-18-34(19-14-25)31(36)28-11-15-32-29-8-3-2-7-27(28)29/h2-3,7-12,15,20,22-23,25H,4-6,13-14,16-19,21H2,1H3/t23-/m1/s1. The molecule has 0 unspecified atom stereocenters. The largest absolute Gasteiger partial charge is 0.494 e. The molecule has 2 fully saturated rings. The van der Waals surface area contributed by atoms with E-state index in [-0.39, 0.29) is 5.91 Å². The van der Waals surface area contributed by atoms with Crippen molar-refractivity contribution >= 4 is 27.7 Å². The number of pyridine rings is 1. The number of fused-ring (bicyclic) bond motifs is 2. The van der Waals surface area contributed by atoms with E-state index in [0.717, 1.165) is 73.8 Å². The van der Waals surface area contributed by atoms with Crippen molar-refractivity contribution in [3.05, 3.63) is 72.6 Å². The summed E-state index contributed by atoms with van der Waals surface area (Å²) in [5.74, 6) is 1.06. The Morgan fingerprint density at radius 2 is 1.89 bits per heavy atom. The van der Waals surface area contributed by atoms with E-state index in [1.165, 1.54) is 30.3 Å². The lowest BCUT2D eigenvalue weighted by Crippen LogP contribution is -2.39. The van der Waals surface area contributed by atoms with Crippen LogP contribution in [-0.2, 0) is 0 Å². The molecule has 0 bridgehead atoms. The predicted molar refractivity (Wildman–Crippen MR) is 148 cm³/mol. The number of ether oxygens (including phenoxy) is 1. The molecule has 6 nitrogen and oxygen atoms in total. The van der Waals surface area contributed by atoms with Crippen LogP contribution in [0.2, 0.25) is 0 Å². The summed E-state index contributed by atoms with van der Waals surface area (Å²) in [6.45, 7) is 6.96. The highest BCUT2D eigenvalue weighted by Crippen LogP contribution is 2.31. The van der Waals surface area contributed by atoms with Gasteiger partial charge in [-0.1, -0.05) is 18.2 Å². The number of hydrogen-bond donors (Lipinski definition) is 0. The van der Waals surface area contributed by atoms with E-state index < -0.39 is 0 Å². The number of rotatable bonds is 7. The van der Waals surface area contributed by atoms with Crippen LogP contribution >= 0.6 is 0 Å². The van der Waals surface area contributed by atoms with Gasteiger partial charge in [0.1, 0.15) is 5.75 Å². The normalized spacial score (nSPS) is 19.2. The second-order valence-corrected chi connectivity index (χ2v) is 10.6. The number of carbonyl (C=O) groups excluding carboxylic acids is 1. The van der Waals surface area contributed by atoms with Gasteiger partial charge < -0.3 is 19.1 Å². The Morgan fingerprint density at radius 1 is 1.03 bits per heavy atom. The van der Waals surface area contributed by atoms with Gasteiger partial charge >= 0.3 is 0 Å². The zero-order valence-electron chi connectivity index (χ0n) is 21.7. The SMILES string of the molecule is C[C@@H]1CCCN1CCCOc1ccc2c(ccn2C2CCN(C(=O)c3ccnc4ccccc34)CC2)c1. The smallest absolute Gasteiger partial charge is 0.254 e. The van der Waals surface area contributed by atoms with E-state index in [1.807, 2.05) is 35.2 Å². The molecule has 1 atom stereocenters. The maximum absolute atomic E-state index is 13.3. The molecular weight excluding hydrogens is 460 g/mol. The lowest BCUT2D eigenvalue weighted by Gasteiger charge is -2.33. The first-order valence-corrected chi connectivity index (χ1v) is 13.8. The molecule has 0 aliphatic carbocycles. The molecule has 4 aromatic rings. The Kier molecular flexibility index (Phi) is 6.83. The van der Waals surface area contributed by atoms with Crippen molar-refractivity contribution in [2.24, 2.45) is 0 Å². The molecule has 2 saturated heterocycles. The fourth-order valence-corrected chi connectivity index (χ4v) is 6.13. The van der Waals surface area contributed by atoms with Crippen molar-refractivity contribution in [1.29, 1.82) is 0 Å². The van der Waals surface area contributed by atoms with Gasteiger partial charge in [0.05, 0.1) is 17.7 Å². The molecule has 37 heavy (non-hydrogen) atoms. The van der Waals surface area contributed by atoms with Gasteiger partial charge in [-0.15, -0.1) is 0 Å². The highest BCUT2D eigenvalue weighted by molar-refractivity contribution is 6.06. The van der Waals surface area contributed by atoms with Crippen LogP contribution < -0.4 is 4.74 Å². The number of amides is 1. The molecule has 2 aromatic carbocycles. The molecule has 0 saturated carbocycles. The van der Waals surface area contributed by atoms with E-state index in [4.69, 9.17) is 4.74 Å². The van der Waals surface area contributed by atoms with Gasteiger partial charge in [-0.05, 0) is 82.0 Å². The number of piperidine rings is 1. The number of likely N-dealkylation sites (tertiary alicyclic amines) is 2. The van der Waals surface area contributed by atoms with Crippen LogP contribution in [0, 0.1) is 0 Å². The van der Waals surface area contributed by atoms with Crippen molar-refractivity contribution < 1.29 is 9.53 Å². The van der Waals surface area contributed by atoms with E-state index in [0.29, 0.717) is 6.04 Å². The quantitative estimate of drug-likeness (QED) is 0.298. The molecule has 0 radical (unpaired) electrons. The van der Waals surface area contributed by atoms with E-state index in [9.17, 15) is 4.79 Å². The first-order chi connectivity index (χ1) is 18.2. The number of nitrogens with zero attached hydrogens (tertiary/aromatic N) is 4. The first-order valence-electron chi connectivity index (χ1n) is 13.8. The molecule has 2 aliphatic heterocycles. The van der Waals surface area contributed by atoms with Crippen LogP contribution in [0.1, 0.15) is 55.4 Å². The molecule has 1 amide bonds. The summed E-state index contributed by atoms with van der Waals surface area (Å²) in [6, 6.07) is 19.5. The monoisotopic (exact) mass is 496 g/mol. The highest BCUT2D eigenvalue weighted by atomic mass is 16.5. The maximum Gasteiger partial charge on any atom is 0.254 e. The third-order valence-electron chi connectivity index (χ3n) is 8.27. The van der Waals surface area contributed by atoms with E-state index in [1.54, 1.807) is 6.20 Å². The van der Waals surface area contributed by atoms with Crippen LogP contribution in [-0.4, -0.2) is 64.1 Å². The average molecular weight is 497 g/mol. The van der Waals surface area contributed by atoms with Crippen LogP contribution in [0.5, 0.6) is 5.75 Å². The third kappa shape index (κ3) is 4.95. The van der Waals surface area contributed by atoms with Crippen LogP contribution in [0.3, 0.4) is 0 Å².